The van der Waals surface area contributed by atoms with Crippen molar-refractivity contribution in [3.63, 3.8) is 0 Å². The van der Waals surface area contributed by atoms with Gasteiger partial charge in [-0.3, -0.25) is 9.69 Å². The average Bonchev–Trinajstić information content (AvgIpc) is 2.59. The number of hydrogen-bond acceptors (Lipinski definition) is 4. The number of carbonyl (C=O) groups excluding carboxylic acids is 1. The van der Waals surface area contributed by atoms with Crippen LogP contribution in [0.15, 0.2) is 30.3 Å². The van der Waals surface area contributed by atoms with Crippen molar-refractivity contribution in [2.45, 2.75) is 32.2 Å². The van der Waals surface area contributed by atoms with Crippen LogP contribution in [0.1, 0.15) is 26.2 Å². The van der Waals surface area contributed by atoms with E-state index in [2.05, 4.69) is 41.2 Å². The fourth-order valence-electron chi connectivity index (χ4n) is 3.42. The molecule has 1 heterocycles. The van der Waals surface area contributed by atoms with Gasteiger partial charge in [-0.1, -0.05) is 25.1 Å². The average molecular weight is 333 g/mol. The summed E-state index contributed by atoms with van der Waals surface area (Å²) in [4.78, 5) is 16.5. The van der Waals surface area contributed by atoms with Gasteiger partial charge in [-0.05, 0) is 43.9 Å². The van der Waals surface area contributed by atoms with E-state index in [4.69, 9.17) is 0 Å². The van der Waals surface area contributed by atoms with E-state index < -0.39 is 0 Å². The Morgan fingerprint density at radius 2 is 2.12 bits per heavy atom. The number of likely N-dealkylation sites (tertiary alicyclic amines) is 1. The van der Waals surface area contributed by atoms with Crippen LogP contribution < -0.4 is 10.2 Å². The smallest absolute Gasteiger partial charge is 0.234 e. The van der Waals surface area contributed by atoms with Crippen LogP contribution in [0.2, 0.25) is 0 Å². The third-order valence-electron chi connectivity index (χ3n) is 4.95. The van der Waals surface area contributed by atoms with Crippen LogP contribution in [-0.2, 0) is 4.79 Å². The fraction of sp³-hybridized carbons (Fsp3) is 0.632. The number of aliphatic hydroxyl groups is 1. The second kappa shape index (κ2) is 9.64. The standard InChI is InChI=1S/C19H31N3O2/c1-16-8-6-13-22(18(16)15-23)14-19(24)20-11-7-12-21(2)17-9-4-3-5-10-17/h3-5,9-10,16,18,23H,6-8,11-15H2,1-2H3,(H,20,24). The summed E-state index contributed by atoms with van der Waals surface area (Å²) in [5.41, 5.74) is 1.19. The molecule has 1 aliphatic heterocycles. The highest BCUT2D eigenvalue weighted by atomic mass is 16.3. The molecule has 2 atom stereocenters. The Labute approximate surface area is 145 Å². The van der Waals surface area contributed by atoms with Crippen LogP contribution in [0, 0.1) is 5.92 Å². The van der Waals surface area contributed by atoms with Gasteiger partial charge < -0.3 is 15.3 Å². The molecule has 0 radical (unpaired) electrons. The lowest BCUT2D eigenvalue weighted by Gasteiger charge is -2.38. The van der Waals surface area contributed by atoms with E-state index in [1.807, 2.05) is 18.2 Å². The highest BCUT2D eigenvalue weighted by molar-refractivity contribution is 5.78. The Bertz CT molecular complexity index is 495. The first-order valence-corrected chi connectivity index (χ1v) is 8.99. The molecule has 0 bridgehead atoms. The van der Waals surface area contributed by atoms with E-state index in [1.54, 1.807) is 0 Å². The third-order valence-corrected chi connectivity index (χ3v) is 4.95. The molecular formula is C19H31N3O2. The monoisotopic (exact) mass is 333 g/mol. The summed E-state index contributed by atoms with van der Waals surface area (Å²) >= 11 is 0. The second-order valence-corrected chi connectivity index (χ2v) is 6.80. The van der Waals surface area contributed by atoms with Gasteiger partial charge in [0, 0.05) is 31.9 Å². The first-order chi connectivity index (χ1) is 11.6. The molecule has 1 fully saturated rings. The number of anilines is 1. The Balaban J connectivity index is 1.66. The van der Waals surface area contributed by atoms with Gasteiger partial charge in [0.05, 0.1) is 13.2 Å². The van der Waals surface area contributed by atoms with Gasteiger partial charge in [0.15, 0.2) is 0 Å². The molecule has 5 heteroatoms. The van der Waals surface area contributed by atoms with Crippen LogP contribution in [0.3, 0.4) is 0 Å². The number of piperidine rings is 1. The van der Waals surface area contributed by atoms with Gasteiger partial charge in [-0.25, -0.2) is 0 Å². The summed E-state index contributed by atoms with van der Waals surface area (Å²) in [7, 11) is 2.07. The predicted molar refractivity (Wildman–Crippen MR) is 98.2 cm³/mol. The SMILES string of the molecule is CC1CCCN(CC(=O)NCCCN(C)c2ccccc2)C1CO. The normalized spacial score (nSPS) is 21.5. The van der Waals surface area contributed by atoms with Crippen LogP contribution in [0.4, 0.5) is 5.69 Å². The third kappa shape index (κ3) is 5.49. The number of rotatable bonds is 8. The van der Waals surface area contributed by atoms with Crippen LogP contribution in [-0.4, -0.2) is 61.8 Å². The molecular weight excluding hydrogens is 302 g/mol. The number of para-hydroxylation sites is 1. The molecule has 0 aromatic heterocycles. The lowest BCUT2D eigenvalue weighted by atomic mass is 9.91. The summed E-state index contributed by atoms with van der Waals surface area (Å²) in [5.74, 6) is 0.515. The van der Waals surface area contributed by atoms with Crippen LogP contribution in [0.5, 0.6) is 0 Å². The minimum absolute atomic E-state index is 0.0601. The van der Waals surface area contributed by atoms with Crippen molar-refractivity contribution in [2.24, 2.45) is 5.92 Å². The molecule has 1 saturated heterocycles. The molecule has 1 aliphatic rings. The number of nitrogens with zero attached hydrogens (tertiary/aromatic N) is 2. The van der Waals surface area contributed by atoms with Crippen molar-refractivity contribution in [3.8, 4) is 0 Å². The quantitative estimate of drug-likeness (QED) is 0.711. The van der Waals surface area contributed by atoms with Crippen molar-refractivity contribution in [1.29, 1.82) is 0 Å². The Hall–Kier alpha value is -1.59. The molecule has 1 aromatic rings. The predicted octanol–water partition coefficient (Wildman–Crippen LogP) is 1.72. The van der Waals surface area contributed by atoms with E-state index in [0.717, 1.165) is 32.4 Å². The molecule has 2 unspecified atom stereocenters. The molecule has 1 amide bonds. The summed E-state index contributed by atoms with van der Waals surface area (Å²) in [5, 5.41) is 12.6. The number of carbonyl (C=O) groups is 1. The molecule has 0 saturated carbocycles. The number of aliphatic hydroxyl groups excluding tert-OH is 1. The van der Waals surface area contributed by atoms with Gasteiger partial charge >= 0.3 is 0 Å². The van der Waals surface area contributed by atoms with Gasteiger partial charge in [0.2, 0.25) is 5.91 Å². The molecule has 1 aromatic carbocycles. The minimum atomic E-state index is 0.0601. The van der Waals surface area contributed by atoms with Gasteiger partial charge in [-0.15, -0.1) is 0 Å². The second-order valence-electron chi connectivity index (χ2n) is 6.80. The first-order valence-electron chi connectivity index (χ1n) is 8.99. The summed E-state index contributed by atoms with van der Waals surface area (Å²) in [6, 6.07) is 10.4. The maximum atomic E-state index is 12.1. The van der Waals surface area contributed by atoms with Crippen molar-refractivity contribution >= 4 is 11.6 Å². The largest absolute Gasteiger partial charge is 0.395 e. The highest BCUT2D eigenvalue weighted by Gasteiger charge is 2.28. The zero-order chi connectivity index (χ0) is 17.4. The van der Waals surface area contributed by atoms with Crippen LogP contribution in [0.25, 0.3) is 0 Å². The molecule has 0 spiro atoms. The highest BCUT2D eigenvalue weighted by Crippen LogP contribution is 2.22. The number of benzene rings is 1. The fourth-order valence-corrected chi connectivity index (χ4v) is 3.42. The molecule has 2 N–H and O–H groups in total. The maximum Gasteiger partial charge on any atom is 0.234 e. The Morgan fingerprint density at radius 1 is 1.38 bits per heavy atom. The Kier molecular flexibility index (Phi) is 7.53. The molecule has 0 aliphatic carbocycles. The molecule has 2 rings (SSSR count). The van der Waals surface area contributed by atoms with E-state index in [1.165, 1.54) is 5.69 Å². The van der Waals surface area contributed by atoms with Crippen molar-refractivity contribution in [1.82, 2.24) is 10.2 Å². The summed E-state index contributed by atoms with van der Waals surface area (Å²) in [6.07, 6.45) is 3.15. The van der Waals surface area contributed by atoms with Crippen molar-refractivity contribution < 1.29 is 9.90 Å². The van der Waals surface area contributed by atoms with E-state index in [0.29, 0.717) is 19.0 Å². The minimum Gasteiger partial charge on any atom is -0.395 e. The summed E-state index contributed by atoms with van der Waals surface area (Å²) in [6.45, 7) is 5.18. The van der Waals surface area contributed by atoms with E-state index >= 15 is 0 Å². The van der Waals surface area contributed by atoms with Crippen molar-refractivity contribution in [2.75, 3.05) is 44.7 Å². The van der Waals surface area contributed by atoms with Gasteiger partial charge in [0.1, 0.15) is 0 Å². The van der Waals surface area contributed by atoms with E-state index in [9.17, 15) is 9.90 Å². The lowest BCUT2D eigenvalue weighted by Crippen LogP contribution is -2.50. The first kappa shape index (κ1) is 18.7. The zero-order valence-corrected chi connectivity index (χ0v) is 14.9. The van der Waals surface area contributed by atoms with Crippen LogP contribution >= 0.6 is 0 Å². The zero-order valence-electron chi connectivity index (χ0n) is 14.9. The molecule has 5 nitrogen and oxygen atoms in total. The molecule has 134 valence electrons. The number of nitrogens with one attached hydrogen (secondary N) is 1. The summed E-state index contributed by atoms with van der Waals surface area (Å²) < 4.78 is 0. The molecule has 24 heavy (non-hydrogen) atoms. The van der Waals surface area contributed by atoms with Gasteiger partial charge in [-0.2, -0.15) is 0 Å². The topological polar surface area (TPSA) is 55.8 Å². The Morgan fingerprint density at radius 3 is 2.83 bits per heavy atom. The maximum absolute atomic E-state index is 12.1. The lowest BCUT2D eigenvalue weighted by molar-refractivity contribution is -0.123. The van der Waals surface area contributed by atoms with Crippen molar-refractivity contribution in [3.05, 3.63) is 30.3 Å². The number of amides is 1. The van der Waals surface area contributed by atoms with Gasteiger partial charge in [0.25, 0.3) is 0 Å². The number of hydrogen-bond donors (Lipinski definition) is 2. The van der Waals surface area contributed by atoms with E-state index in [-0.39, 0.29) is 18.6 Å².